The number of esters is 1. The van der Waals surface area contributed by atoms with E-state index in [4.69, 9.17) is 4.74 Å². The highest BCUT2D eigenvalue weighted by Crippen LogP contribution is 2.27. The van der Waals surface area contributed by atoms with Crippen LogP contribution in [0.15, 0.2) is 36.4 Å². The van der Waals surface area contributed by atoms with E-state index in [-0.39, 0.29) is 15.9 Å². The van der Waals surface area contributed by atoms with Crippen LogP contribution in [0.2, 0.25) is 0 Å². The Bertz CT molecular complexity index is 802. The number of carbonyl (C=O) groups excluding carboxylic acids is 1. The van der Waals surface area contributed by atoms with Crippen molar-refractivity contribution in [1.29, 1.82) is 0 Å². The van der Waals surface area contributed by atoms with Gasteiger partial charge in [-0.25, -0.2) is 4.79 Å². The fourth-order valence-electron chi connectivity index (χ4n) is 3.36. The predicted octanol–water partition coefficient (Wildman–Crippen LogP) is 3.20. The Kier molecular flexibility index (Phi) is 6.54. The van der Waals surface area contributed by atoms with Crippen LogP contribution in [0.3, 0.4) is 0 Å². The molecule has 144 valence electrons. The maximum absolute atomic E-state index is 11.8. The summed E-state index contributed by atoms with van der Waals surface area (Å²) in [4.78, 5) is 25.7. The number of rotatable bonds is 7. The molecule has 0 radical (unpaired) electrons. The molecule has 27 heavy (non-hydrogen) atoms. The maximum atomic E-state index is 11.8. The summed E-state index contributed by atoms with van der Waals surface area (Å²) in [5.74, 6) is -0.350. The first kappa shape index (κ1) is 19.5. The molecule has 2 aromatic rings. The van der Waals surface area contributed by atoms with Gasteiger partial charge in [-0.1, -0.05) is 23.5 Å². The second-order valence-corrected chi connectivity index (χ2v) is 7.74. The van der Waals surface area contributed by atoms with E-state index in [1.54, 1.807) is 12.1 Å². The number of ether oxygens (including phenoxy) is 1. The Morgan fingerprint density at radius 2 is 2.22 bits per heavy atom. The van der Waals surface area contributed by atoms with E-state index < -0.39 is 0 Å². The first-order valence-corrected chi connectivity index (χ1v) is 9.73. The summed E-state index contributed by atoms with van der Waals surface area (Å²) in [5, 5.41) is 14.6. The van der Waals surface area contributed by atoms with Gasteiger partial charge in [0.05, 0.1) is 17.6 Å². The van der Waals surface area contributed by atoms with E-state index in [0.29, 0.717) is 24.7 Å². The third-order valence-corrected chi connectivity index (χ3v) is 5.73. The van der Waals surface area contributed by atoms with Crippen molar-refractivity contribution in [3.8, 4) is 0 Å². The van der Waals surface area contributed by atoms with Gasteiger partial charge in [0.2, 0.25) is 0 Å². The van der Waals surface area contributed by atoms with Crippen LogP contribution in [0, 0.1) is 10.1 Å². The summed E-state index contributed by atoms with van der Waals surface area (Å²) < 4.78 is 4.81. The van der Waals surface area contributed by atoms with Gasteiger partial charge in [-0.05, 0) is 43.1 Å². The van der Waals surface area contributed by atoms with Crippen molar-refractivity contribution in [1.82, 2.24) is 10.2 Å². The molecule has 2 heterocycles. The Balaban J connectivity index is 1.79. The topological polar surface area (TPSA) is 84.7 Å². The lowest BCUT2D eigenvalue weighted by Gasteiger charge is -2.34. The number of hydrogen-bond donors (Lipinski definition) is 1. The standard InChI is InChI=1S/C19H23N3O4S/c1-26-19(23)15-5-2-4-14(10-15)12-21(16-6-3-9-20-11-16)13-17-7-8-18(27-17)22(24)25/h2,4-5,7-8,10,16,20H,3,6,9,11-13H2,1H3. The first-order valence-electron chi connectivity index (χ1n) is 8.92. The molecule has 8 heteroatoms. The van der Waals surface area contributed by atoms with Gasteiger partial charge in [-0.3, -0.25) is 15.0 Å². The number of benzene rings is 1. The van der Waals surface area contributed by atoms with Gasteiger partial charge in [0.1, 0.15) is 0 Å². The van der Waals surface area contributed by atoms with E-state index >= 15 is 0 Å². The van der Waals surface area contributed by atoms with Gasteiger partial charge in [-0.2, -0.15) is 0 Å². The second kappa shape index (κ2) is 9.07. The van der Waals surface area contributed by atoms with Gasteiger partial charge in [0.15, 0.2) is 0 Å². The van der Waals surface area contributed by atoms with E-state index in [9.17, 15) is 14.9 Å². The fraction of sp³-hybridized carbons (Fsp3) is 0.421. The average molecular weight is 389 g/mol. The summed E-state index contributed by atoms with van der Waals surface area (Å²) in [6.45, 7) is 3.23. The number of piperidine rings is 1. The normalized spacial score (nSPS) is 17.0. The van der Waals surface area contributed by atoms with Crippen molar-refractivity contribution >= 4 is 22.3 Å². The van der Waals surface area contributed by atoms with E-state index in [1.165, 1.54) is 18.4 Å². The third-order valence-electron chi connectivity index (χ3n) is 4.71. The number of carbonyl (C=O) groups is 1. The zero-order valence-electron chi connectivity index (χ0n) is 15.2. The Morgan fingerprint density at radius 1 is 1.37 bits per heavy atom. The van der Waals surface area contributed by atoms with Crippen LogP contribution in [0.4, 0.5) is 5.00 Å². The molecule has 1 aromatic heterocycles. The highest BCUT2D eigenvalue weighted by molar-refractivity contribution is 7.15. The first-order chi connectivity index (χ1) is 13.1. The molecule has 1 aliphatic rings. The minimum atomic E-state index is -0.350. The molecule has 1 unspecified atom stereocenters. The van der Waals surface area contributed by atoms with Crippen LogP contribution in [0.1, 0.15) is 33.6 Å². The molecule has 7 nitrogen and oxygen atoms in total. The van der Waals surface area contributed by atoms with Crippen molar-refractivity contribution < 1.29 is 14.5 Å². The number of nitro groups is 1. The van der Waals surface area contributed by atoms with Crippen molar-refractivity contribution in [3.05, 3.63) is 62.5 Å². The molecule has 1 saturated heterocycles. The summed E-state index contributed by atoms with van der Waals surface area (Å²) >= 11 is 1.22. The van der Waals surface area contributed by atoms with Crippen LogP contribution in [0.25, 0.3) is 0 Å². The van der Waals surface area contributed by atoms with Crippen molar-refractivity contribution in [2.75, 3.05) is 20.2 Å². The van der Waals surface area contributed by atoms with Crippen LogP contribution in [-0.2, 0) is 17.8 Å². The van der Waals surface area contributed by atoms with Crippen molar-refractivity contribution in [2.45, 2.75) is 32.0 Å². The number of nitrogens with one attached hydrogen (secondary N) is 1. The Morgan fingerprint density at radius 3 is 2.89 bits per heavy atom. The zero-order chi connectivity index (χ0) is 19.2. The number of hydrogen-bond acceptors (Lipinski definition) is 7. The van der Waals surface area contributed by atoms with Crippen molar-refractivity contribution in [2.24, 2.45) is 0 Å². The SMILES string of the molecule is COC(=O)c1cccc(CN(Cc2ccc([N+](=O)[O-])s2)C2CCCNC2)c1. The van der Waals surface area contributed by atoms with Crippen LogP contribution >= 0.6 is 11.3 Å². The van der Waals surface area contributed by atoms with Crippen LogP contribution in [-0.4, -0.2) is 42.0 Å². The molecule has 1 aromatic carbocycles. The number of thiophene rings is 1. The van der Waals surface area contributed by atoms with Gasteiger partial charge in [0, 0.05) is 36.6 Å². The molecule has 1 fully saturated rings. The molecular weight excluding hydrogens is 366 g/mol. The van der Waals surface area contributed by atoms with Gasteiger partial charge in [-0.15, -0.1) is 0 Å². The largest absolute Gasteiger partial charge is 0.465 e. The highest BCUT2D eigenvalue weighted by Gasteiger charge is 2.23. The maximum Gasteiger partial charge on any atom is 0.337 e. The molecule has 1 N–H and O–H groups in total. The second-order valence-electron chi connectivity index (χ2n) is 6.59. The Hall–Kier alpha value is -2.29. The van der Waals surface area contributed by atoms with Gasteiger partial charge in [0.25, 0.3) is 0 Å². The molecule has 3 rings (SSSR count). The summed E-state index contributed by atoms with van der Waals surface area (Å²) in [5.41, 5.74) is 1.55. The molecule has 0 spiro atoms. The smallest absolute Gasteiger partial charge is 0.337 e. The molecule has 1 atom stereocenters. The molecule has 1 aliphatic heterocycles. The molecule has 0 amide bonds. The lowest BCUT2D eigenvalue weighted by molar-refractivity contribution is -0.380. The Labute approximate surface area is 162 Å². The fourth-order valence-corrected chi connectivity index (χ4v) is 4.20. The minimum absolute atomic E-state index is 0.166. The lowest BCUT2D eigenvalue weighted by atomic mass is 10.0. The van der Waals surface area contributed by atoms with E-state index in [1.807, 2.05) is 24.3 Å². The highest BCUT2D eigenvalue weighted by atomic mass is 32.1. The number of nitrogens with zero attached hydrogens (tertiary/aromatic N) is 2. The quantitative estimate of drug-likeness (QED) is 0.445. The van der Waals surface area contributed by atoms with E-state index in [0.717, 1.165) is 36.4 Å². The molecular formula is C19H23N3O4S. The molecule has 0 aliphatic carbocycles. The number of methoxy groups -OCH3 is 1. The van der Waals surface area contributed by atoms with Gasteiger partial charge >= 0.3 is 11.0 Å². The predicted molar refractivity (Wildman–Crippen MR) is 104 cm³/mol. The molecule has 0 saturated carbocycles. The van der Waals surface area contributed by atoms with E-state index in [2.05, 4.69) is 10.2 Å². The molecule has 0 bridgehead atoms. The average Bonchev–Trinajstić information content (AvgIpc) is 3.17. The van der Waals surface area contributed by atoms with Gasteiger partial charge < -0.3 is 10.1 Å². The lowest BCUT2D eigenvalue weighted by Crippen LogP contribution is -2.45. The minimum Gasteiger partial charge on any atom is -0.465 e. The van der Waals surface area contributed by atoms with Crippen LogP contribution < -0.4 is 5.32 Å². The summed E-state index contributed by atoms with van der Waals surface area (Å²) in [6, 6.07) is 11.2. The summed E-state index contributed by atoms with van der Waals surface area (Å²) in [7, 11) is 1.37. The van der Waals surface area contributed by atoms with Crippen LogP contribution in [0.5, 0.6) is 0 Å². The zero-order valence-corrected chi connectivity index (χ0v) is 16.0. The summed E-state index contributed by atoms with van der Waals surface area (Å²) in [6.07, 6.45) is 2.19. The third kappa shape index (κ3) is 5.12. The monoisotopic (exact) mass is 389 g/mol. The van der Waals surface area contributed by atoms with Crippen molar-refractivity contribution in [3.63, 3.8) is 0 Å².